The minimum absolute atomic E-state index is 0.0918. The number of rotatable bonds is 5. The number of hydrogen-bond acceptors (Lipinski definition) is 3. The first kappa shape index (κ1) is 16.5. The third kappa shape index (κ3) is 3.95. The zero-order chi connectivity index (χ0) is 16.8. The Morgan fingerprint density at radius 3 is 2.71 bits per heavy atom. The average molecular weight is 324 g/mol. The zero-order valence-corrected chi connectivity index (χ0v) is 14.1. The van der Waals surface area contributed by atoms with Gasteiger partial charge in [0.1, 0.15) is 0 Å². The molecule has 0 radical (unpaired) electrons. The van der Waals surface area contributed by atoms with Crippen LogP contribution in [0.15, 0.2) is 48.5 Å². The molecule has 4 nitrogen and oxygen atoms in total. The highest BCUT2D eigenvalue weighted by Gasteiger charge is 2.18. The number of carbonyl (C=O) groups excluding carboxylic acids is 1. The monoisotopic (exact) mass is 324 g/mol. The van der Waals surface area contributed by atoms with Gasteiger partial charge < -0.3 is 15.0 Å². The van der Waals surface area contributed by atoms with Crippen LogP contribution < -0.4 is 5.32 Å². The number of anilines is 1. The number of carbonyl (C=O) groups is 1. The first-order valence-electron chi connectivity index (χ1n) is 8.55. The lowest BCUT2D eigenvalue weighted by molar-refractivity contribution is 0.0303. The Kier molecular flexibility index (Phi) is 5.49. The summed E-state index contributed by atoms with van der Waals surface area (Å²) in [7, 11) is 0. The fourth-order valence-corrected chi connectivity index (χ4v) is 2.96. The molecule has 1 aliphatic rings. The molecule has 1 saturated heterocycles. The predicted octanol–water partition coefficient (Wildman–Crippen LogP) is 3.33. The molecule has 1 aliphatic heterocycles. The maximum atomic E-state index is 12.6. The number of benzene rings is 2. The molecule has 1 amide bonds. The first-order valence-corrected chi connectivity index (χ1v) is 8.55. The Balaban J connectivity index is 1.67. The molecule has 0 unspecified atom stereocenters. The summed E-state index contributed by atoms with van der Waals surface area (Å²) in [5, 5.41) is 3.48. The highest BCUT2D eigenvalue weighted by Crippen LogP contribution is 2.17. The van der Waals surface area contributed by atoms with Gasteiger partial charge in [-0.25, -0.2) is 0 Å². The van der Waals surface area contributed by atoms with Crippen LogP contribution in [0.4, 0.5) is 5.69 Å². The molecule has 0 spiro atoms. The van der Waals surface area contributed by atoms with Crippen molar-refractivity contribution in [3.05, 3.63) is 65.2 Å². The number of hydrogen-bond donors (Lipinski definition) is 1. The Morgan fingerprint density at radius 1 is 1.12 bits per heavy atom. The van der Waals surface area contributed by atoms with Crippen molar-refractivity contribution in [1.29, 1.82) is 0 Å². The van der Waals surface area contributed by atoms with E-state index in [2.05, 4.69) is 36.5 Å². The third-order valence-corrected chi connectivity index (χ3v) is 4.35. The highest BCUT2D eigenvalue weighted by atomic mass is 16.5. The van der Waals surface area contributed by atoms with Gasteiger partial charge in [-0.3, -0.25) is 4.79 Å². The van der Waals surface area contributed by atoms with Gasteiger partial charge in [0.2, 0.25) is 0 Å². The lowest BCUT2D eigenvalue weighted by Gasteiger charge is -2.27. The van der Waals surface area contributed by atoms with Gasteiger partial charge in [-0.2, -0.15) is 0 Å². The molecule has 126 valence electrons. The van der Waals surface area contributed by atoms with Crippen molar-refractivity contribution in [3.8, 4) is 0 Å². The number of nitrogens with zero attached hydrogens (tertiary/aromatic N) is 1. The van der Waals surface area contributed by atoms with E-state index in [4.69, 9.17) is 4.74 Å². The zero-order valence-electron chi connectivity index (χ0n) is 14.1. The quantitative estimate of drug-likeness (QED) is 0.917. The first-order chi connectivity index (χ1) is 11.8. The summed E-state index contributed by atoms with van der Waals surface area (Å²) in [6.45, 7) is 5.46. The van der Waals surface area contributed by atoms with E-state index in [0.29, 0.717) is 32.8 Å². The van der Waals surface area contributed by atoms with E-state index >= 15 is 0 Å². The van der Waals surface area contributed by atoms with Gasteiger partial charge in [-0.1, -0.05) is 37.3 Å². The summed E-state index contributed by atoms with van der Waals surface area (Å²) in [6, 6.07) is 16.2. The Labute approximate surface area is 143 Å². The number of ether oxygens (including phenoxy) is 1. The number of aryl methyl sites for hydroxylation is 1. The van der Waals surface area contributed by atoms with Crippen molar-refractivity contribution in [2.24, 2.45) is 0 Å². The van der Waals surface area contributed by atoms with Crippen molar-refractivity contribution in [2.45, 2.75) is 19.9 Å². The fourth-order valence-electron chi connectivity index (χ4n) is 2.96. The number of nitrogens with one attached hydrogen (secondary N) is 1. The van der Waals surface area contributed by atoms with Gasteiger partial charge in [-0.05, 0) is 35.7 Å². The van der Waals surface area contributed by atoms with Crippen LogP contribution in [0.25, 0.3) is 0 Å². The second kappa shape index (κ2) is 7.97. The molecule has 0 atom stereocenters. The summed E-state index contributed by atoms with van der Waals surface area (Å²) in [4.78, 5) is 14.4. The lowest BCUT2D eigenvalue weighted by Crippen LogP contribution is -2.40. The van der Waals surface area contributed by atoms with E-state index in [0.717, 1.165) is 23.2 Å². The average Bonchev–Trinajstić information content (AvgIpc) is 2.67. The summed E-state index contributed by atoms with van der Waals surface area (Å²) in [5.41, 5.74) is 4.32. The molecule has 0 aromatic heterocycles. The maximum Gasteiger partial charge on any atom is 0.254 e. The van der Waals surface area contributed by atoms with E-state index < -0.39 is 0 Å². The Morgan fingerprint density at radius 2 is 1.92 bits per heavy atom. The number of para-hydroxylation sites is 1. The van der Waals surface area contributed by atoms with Gasteiger partial charge in [0.05, 0.1) is 13.2 Å². The van der Waals surface area contributed by atoms with Gasteiger partial charge in [0, 0.05) is 30.9 Å². The normalized spacial score (nSPS) is 14.5. The summed E-state index contributed by atoms with van der Waals surface area (Å²) in [5.74, 6) is 0.0918. The second-order valence-electron chi connectivity index (χ2n) is 5.97. The van der Waals surface area contributed by atoms with Crippen molar-refractivity contribution < 1.29 is 9.53 Å². The van der Waals surface area contributed by atoms with E-state index in [1.807, 2.05) is 29.2 Å². The van der Waals surface area contributed by atoms with Crippen LogP contribution in [0.5, 0.6) is 0 Å². The molecular weight excluding hydrogens is 300 g/mol. The topological polar surface area (TPSA) is 41.6 Å². The van der Waals surface area contributed by atoms with Gasteiger partial charge in [-0.15, -0.1) is 0 Å². The Hall–Kier alpha value is -2.33. The predicted molar refractivity (Wildman–Crippen MR) is 96.3 cm³/mol. The van der Waals surface area contributed by atoms with Crippen molar-refractivity contribution in [2.75, 3.05) is 31.6 Å². The van der Waals surface area contributed by atoms with E-state index in [1.54, 1.807) is 0 Å². The molecule has 3 rings (SSSR count). The smallest absolute Gasteiger partial charge is 0.254 e. The van der Waals surface area contributed by atoms with Crippen LogP contribution >= 0.6 is 0 Å². The molecule has 0 aliphatic carbocycles. The van der Waals surface area contributed by atoms with Gasteiger partial charge in [0.25, 0.3) is 5.91 Å². The van der Waals surface area contributed by atoms with E-state index in [1.165, 1.54) is 5.56 Å². The molecule has 24 heavy (non-hydrogen) atoms. The lowest BCUT2D eigenvalue weighted by atomic mass is 10.1. The Bertz CT molecular complexity index is 694. The van der Waals surface area contributed by atoms with Crippen LogP contribution in [0.2, 0.25) is 0 Å². The van der Waals surface area contributed by atoms with Crippen LogP contribution in [-0.4, -0.2) is 37.1 Å². The summed E-state index contributed by atoms with van der Waals surface area (Å²) >= 11 is 0. The molecule has 2 aromatic carbocycles. The molecule has 1 heterocycles. The number of amides is 1. The van der Waals surface area contributed by atoms with Gasteiger partial charge >= 0.3 is 0 Å². The summed E-state index contributed by atoms with van der Waals surface area (Å²) in [6.07, 6.45) is 0.999. The maximum absolute atomic E-state index is 12.6. The van der Waals surface area contributed by atoms with Crippen molar-refractivity contribution in [3.63, 3.8) is 0 Å². The third-order valence-electron chi connectivity index (χ3n) is 4.35. The van der Waals surface area contributed by atoms with Crippen molar-refractivity contribution in [1.82, 2.24) is 4.90 Å². The van der Waals surface area contributed by atoms with Crippen LogP contribution in [0.3, 0.4) is 0 Å². The highest BCUT2D eigenvalue weighted by molar-refractivity contribution is 5.94. The number of morpholine rings is 1. The molecule has 2 aromatic rings. The standard InChI is InChI=1S/C20H24N2O2/c1-2-17-7-3-4-9-19(17)21-15-16-6-5-8-18(14-16)20(23)22-10-12-24-13-11-22/h3-9,14,21H,2,10-13,15H2,1H3. The SMILES string of the molecule is CCc1ccccc1NCc1cccc(C(=O)N2CCOCC2)c1. The van der Waals surface area contributed by atoms with E-state index in [9.17, 15) is 4.79 Å². The molecular formula is C20H24N2O2. The molecule has 0 bridgehead atoms. The largest absolute Gasteiger partial charge is 0.381 e. The minimum atomic E-state index is 0.0918. The van der Waals surface area contributed by atoms with Gasteiger partial charge in [0.15, 0.2) is 0 Å². The van der Waals surface area contributed by atoms with Crippen LogP contribution in [0.1, 0.15) is 28.4 Å². The van der Waals surface area contributed by atoms with Crippen LogP contribution in [-0.2, 0) is 17.7 Å². The molecule has 4 heteroatoms. The fraction of sp³-hybridized carbons (Fsp3) is 0.350. The minimum Gasteiger partial charge on any atom is -0.381 e. The van der Waals surface area contributed by atoms with Crippen LogP contribution in [0, 0.1) is 0 Å². The molecule has 0 saturated carbocycles. The van der Waals surface area contributed by atoms with Crippen molar-refractivity contribution >= 4 is 11.6 Å². The molecule has 1 N–H and O–H groups in total. The second-order valence-corrected chi connectivity index (χ2v) is 5.97. The van der Waals surface area contributed by atoms with E-state index in [-0.39, 0.29) is 5.91 Å². The molecule has 1 fully saturated rings. The summed E-state index contributed by atoms with van der Waals surface area (Å²) < 4.78 is 5.31.